The van der Waals surface area contributed by atoms with E-state index in [1.165, 1.54) is 0 Å². The van der Waals surface area contributed by atoms with Crippen LogP contribution in [-0.4, -0.2) is 6.61 Å². The second-order valence-corrected chi connectivity index (χ2v) is 3.33. The van der Waals surface area contributed by atoms with Crippen molar-refractivity contribution in [2.75, 3.05) is 6.61 Å². The number of halogens is 1. The molecule has 14 heavy (non-hydrogen) atoms. The van der Waals surface area contributed by atoms with Crippen LogP contribution in [0.15, 0.2) is 18.2 Å². The normalized spacial score (nSPS) is 9.50. The molecule has 1 aromatic rings. The Balaban J connectivity index is 2.76. The van der Waals surface area contributed by atoms with Crippen LogP contribution < -0.4 is 4.74 Å². The van der Waals surface area contributed by atoms with Gasteiger partial charge in [-0.2, -0.15) is 5.26 Å². The van der Waals surface area contributed by atoms with E-state index in [-0.39, 0.29) is 0 Å². The maximum Gasteiger partial charge on any atom is 0.138 e. The summed E-state index contributed by atoms with van der Waals surface area (Å²) in [7, 11) is 0. The number of benzene rings is 1. The molecule has 3 heteroatoms. The highest BCUT2D eigenvalue weighted by Crippen LogP contribution is 2.25. The molecule has 0 spiro atoms. The average Bonchev–Trinajstić information content (AvgIpc) is 2.18. The van der Waals surface area contributed by atoms with E-state index in [1.807, 2.05) is 6.07 Å². The van der Waals surface area contributed by atoms with Gasteiger partial charge in [0, 0.05) is 0 Å². The Morgan fingerprint density at radius 2 is 2.29 bits per heavy atom. The summed E-state index contributed by atoms with van der Waals surface area (Å²) in [6.45, 7) is 2.72. The fourth-order valence-electron chi connectivity index (χ4n) is 1.06. The lowest BCUT2D eigenvalue weighted by molar-refractivity contribution is 0.308. The molecule has 0 aromatic heterocycles. The largest absolute Gasteiger partial charge is 0.492 e. The zero-order chi connectivity index (χ0) is 10.4. The molecule has 0 N–H and O–H groups in total. The van der Waals surface area contributed by atoms with Crippen molar-refractivity contribution in [3.8, 4) is 11.8 Å². The quantitative estimate of drug-likeness (QED) is 0.713. The standard InChI is InChI=1S/C11H12ClNO/c1-2-3-7-14-11-6-4-5-10(12)9(11)8-13/h4-6H,2-3,7H2,1H3. The van der Waals surface area contributed by atoms with Crippen molar-refractivity contribution >= 4 is 11.6 Å². The van der Waals surface area contributed by atoms with Crippen LogP contribution in [0.25, 0.3) is 0 Å². The van der Waals surface area contributed by atoms with Crippen LogP contribution in [0.1, 0.15) is 25.3 Å². The molecule has 0 aliphatic heterocycles. The van der Waals surface area contributed by atoms with Crippen LogP contribution in [0.2, 0.25) is 5.02 Å². The molecule has 0 atom stereocenters. The number of ether oxygens (including phenoxy) is 1. The Kier molecular flexibility index (Phi) is 4.28. The van der Waals surface area contributed by atoms with E-state index >= 15 is 0 Å². The fraction of sp³-hybridized carbons (Fsp3) is 0.364. The lowest BCUT2D eigenvalue weighted by atomic mass is 10.2. The van der Waals surface area contributed by atoms with E-state index in [2.05, 4.69) is 6.92 Å². The van der Waals surface area contributed by atoms with E-state index in [0.717, 1.165) is 12.8 Å². The first-order valence-corrected chi connectivity index (χ1v) is 4.98. The smallest absolute Gasteiger partial charge is 0.138 e. The highest BCUT2D eigenvalue weighted by molar-refractivity contribution is 6.31. The van der Waals surface area contributed by atoms with Crippen molar-refractivity contribution in [3.05, 3.63) is 28.8 Å². The molecule has 2 nitrogen and oxygen atoms in total. The third kappa shape index (κ3) is 2.65. The van der Waals surface area contributed by atoms with E-state index in [9.17, 15) is 0 Å². The van der Waals surface area contributed by atoms with Crippen LogP contribution in [0.4, 0.5) is 0 Å². The number of nitrogens with zero attached hydrogens (tertiary/aromatic N) is 1. The molecule has 0 aliphatic carbocycles. The van der Waals surface area contributed by atoms with Gasteiger partial charge in [-0.25, -0.2) is 0 Å². The Hall–Kier alpha value is -1.20. The van der Waals surface area contributed by atoms with Gasteiger partial charge in [-0.05, 0) is 18.6 Å². The third-order valence-corrected chi connectivity index (χ3v) is 2.16. The summed E-state index contributed by atoms with van der Waals surface area (Å²) >= 11 is 5.84. The highest BCUT2D eigenvalue weighted by atomic mass is 35.5. The Labute approximate surface area is 89.1 Å². The third-order valence-electron chi connectivity index (χ3n) is 1.84. The van der Waals surface area contributed by atoms with Gasteiger partial charge < -0.3 is 4.74 Å². The van der Waals surface area contributed by atoms with Gasteiger partial charge in [0.1, 0.15) is 17.4 Å². The molecule has 0 amide bonds. The summed E-state index contributed by atoms with van der Waals surface area (Å²) in [4.78, 5) is 0. The molecule has 0 aliphatic rings. The second kappa shape index (κ2) is 5.51. The maximum atomic E-state index is 8.84. The molecular formula is C11H12ClNO. The Morgan fingerprint density at radius 3 is 2.93 bits per heavy atom. The van der Waals surface area contributed by atoms with E-state index in [1.54, 1.807) is 18.2 Å². The van der Waals surface area contributed by atoms with Crippen LogP contribution >= 0.6 is 11.6 Å². The fourth-order valence-corrected chi connectivity index (χ4v) is 1.27. The minimum Gasteiger partial charge on any atom is -0.492 e. The lowest BCUT2D eigenvalue weighted by Gasteiger charge is -2.07. The van der Waals surface area contributed by atoms with Crippen LogP contribution in [0.5, 0.6) is 5.75 Å². The molecule has 0 heterocycles. The molecule has 0 bridgehead atoms. The van der Waals surface area contributed by atoms with Crippen LogP contribution in [0.3, 0.4) is 0 Å². The zero-order valence-electron chi connectivity index (χ0n) is 8.09. The summed E-state index contributed by atoms with van der Waals surface area (Å²) in [5.41, 5.74) is 0.422. The first kappa shape index (κ1) is 10.9. The monoisotopic (exact) mass is 209 g/mol. The van der Waals surface area contributed by atoms with E-state index in [4.69, 9.17) is 21.6 Å². The number of hydrogen-bond acceptors (Lipinski definition) is 2. The predicted molar refractivity (Wildman–Crippen MR) is 56.6 cm³/mol. The summed E-state index contributed by atoms with van der Waals surface area (Å²) in [6, 6.07) is 7.27. The van der Waals surface area contributed by atoms with Crippen molar-refractivity contribution in [2.24, 2.45) is 0 Å². The number of unbranched alkanes of at least 4 members (excludes halogenated alkanes) is 1. The minimum atomic E-state index is 0.422. The molecule has 0 saturated carbocycles. The minimum absolute atomic E-state index is 0.422. The summed E-state index contributed by atoms with van der Waals surface area (Å²) in [6.07, 6.45) is 2.06. The summed E-state index contributed by atoms with van der Waals surface area (Å²) < 4.78 is 5.44. The topological polar surface area (TPSA) is 33.0 Å². The van der Waals surface area contributed by atoms with E-state index < -0.39 is 0 Å². The molecule has 74 valence electrons. The van der Waals surface area contributed by atoms with Crippen LogP contribution in [-0.2, 0) is 0 Å². The molecule has 1 aromatic carbocycles. The Bertz CT molecular complexity index is 344. The zero-order valence-corrected chi connectivity index (χ0v) is 8.84. The van der Waals surface area contributed by atoms with Crippen molar-refractivity contribution in [2.45, 2.75) is 19.8 Å². The summed E-state index contributed by atoms with van der Waals surface area (Å²) in [5.74, 6) is 0.577. The molecule has 0 saturated heterocycles. The van der Waals surface area contributed by atoms with Crippen molar-refractivity contribution < 1.29 is 4.74 Å². The lowest BCUT2D eigenvalue weighted by Crippen LogP contribution is -1.98. The maximum absolute atomic E-state index is 8.84. The second-order valence-electron chi connectivity index (χ2n) is 2.93. The SMILES string of the molecule is CCCCOc1cccc(Cl)c1C#N. The number of hydrogen-bond donors (Lipinski definition) is 0. The average molecular weight is 210 g/mol. The van der Waals surface area contributed by atoms with Gasteiger partial charge in [-0.1, -0.05) is 31.0 Å². The Morgan fingerprint density at radius 1 is 1.50 bits per heavy atom. The van der Waals surface area contributed by atoms with Crippen molar-refractivity contribution in [1.29, 1.82) is 5.26 Å². The van der Waals surface area contributed by atoms with Gasteiger partial charge in [0.25, 0.3) is 0 Å². The molecule has 0 fully saturated rings. The first-order valence-electron chi connectivity index (χ1n) is 4.61. The molecule has 0 radical (unpaired) electrons. The number of nitriles is 1. The summed E-state index contributed by atoms with van der Waals surface area (Å²) in [5, 5.41) is 9.29. The van der Waals surface area contributed by atoms with Gasteiger partial charge in [0.2, 0.25) is 0 Å². The highest BCUT2D eigenvalue weighted by Gasteiger charge is 2.06. The van der Waals surface area contributed by atoms with Crippen molar-refractivity contribution in [3.63, 3.8) is 0 Å². The number of rotatable bonds is 4. The first-order chi connectivity index (χ1) is 6.79. The van der Waals surface area contributed by atoms with Gasteiger partial charge in [-0.3, -0.25) is 0 Å². The molecule has 1 rings (SSSR count). The van der Waals surface area contributed by atoms with Gasteiger partial charge in [0.15, 0.2) is 0 Å². The van der Waals surface area contributed by atoms with Crippen molar-refractivity contribution in [1.82, 2.24) is 0 Å². The molecule has 0 unspecified atom stereocenters. The van der Waals surface area contributed by atoms with Crippen LogP contribution in [0, 0.1) is 11.3 Å². The van der Waals surface area contributed by atoms with Gasteiger partial charge in [0.05, 0.1) is 11.6 Å². The van der Waals surface area contributed by atoms with Gasteiger partial charge in [-0.15, -0.1) is 0 Å². The predicted octanol–water partition coefficient (Wildman–Crippen LogP) is 3.39. The van der Waals surface area contributed by atoms with Gasteiger partial charge >= 0.3 is 0 Å². The van der Waals surface area contributed by atoms with E-state index in [0.29, 0.717) is 22.9 Å². The molecular weight excluding hydrogens is 198 g/mol.